The Labute approximate surface area is 158 Å². The minimum absolute atomic E-state index is 0.117. The van der Waals surface area contributed by atoms with Crippen LogP contribution in [0.15, 0.2) is 40.1 Å². The summed E-state index contributed by atoms with van der Waals surface area (Å²) in [5, 5.41) is -0.208. The van der Waals surface area contributed by atoms with Gasteiger partial charge in [0.1, 0.15) is 11.6 Å². The van der Waals surface area contributed by atoms with Crippen LogP contribution in [0.3, 0.4) is 0 Å². The summed E-state index contributed by atoms with van der Waals surface area (Å²) in [4.78, 5) is 39.0. The van der Waals surface area contributed by atoms with Gasteiger partial charge >= 0.3 is 5.69 Å². The van der Waals surface area contributed by atoms with E-state index in [1.165, 1.54) is 34.7 Å². The van der Waals surface area contributed by atoms with Crippen molar-refractivity contribution in [1.82, 2.24) is 14.5 Å². The highest BCUT2D eigenvalue weighted by atomic mass is 32.2. The van der Waals surface area contributed by atoms with Crippen LogP contribution in [0.1, 0.15) is 23.7 Å². The van der Waals surface area contributed by atoms with E-state index in [1.54, 1.807) is 4.90 Å². The largest absolute Gasteiger partial charge is 0.342 e. The average molecular weight is 395 g/mol. The van der Waals surface area contributed by atoms with Crippen molar-refractivity contribution in [2.45, 2.75) is 24.6 Å². The normalized spacial score (nSPS) is 17.6. The highest BCUT2D eigenvalue weighted by Gasteiger charge is 2.24. The molecule has 1 aromatic heterocycles. The van der Waals surface area contributed by atoms with Crippen molar-refractivity contribution in [3.63, 3.8) is 0 Å². The quantitative estimate of drug-likeness (QED) is 0.858. The van der Waals surface area contributed by atoms with E-state index in [9.17, 15) is 23.2 Å². The number of carbonyl (C=O) groups excluding carboxylic acids is 1. The number of nitrogens with zero attached hydrogens (tertiary/aromatic N) is 2. The number of thioether (sulfide) groups is 1. The number of carbonyl (C=O) groups is 1. The van der Waals surface area contributed by atoms with E-state index in [1.807, 2.05) is 0 Å². The zero-order valence-electron chi connectivity index (χ0n) is 14.5. The van der Waals surface area contributed by atoms with E-state index in [-0.39, 0.29) is 24.1 Å². The first kappa shape index (κ1) is 19.3. The number of aromatic nitrogens is 2. The van der Waals surface area contributed by atoms with Gasteiger partial charge in [-0.1, -0.05) is 0 Å². The number of benzene rings is 1. The molecule has 0 spiro atoms. The lowest BCUT2D eigenvalue weighted by Gasteiger charge is -2.20. The second-order valence-corrected chi connectivity index (χ2v) is 7.56. The number of halogens is 2. The summed E-state index contributed by atoms with van der Waals surface area (Å²) in [5.74, 6) is -0.416. The summed E-state index contributed by atoms with van der Waals surface area (Å²) >= 11 is 1.50. The molecular weight excluding hydrogens is 376 g/mol. The number of H-pyrrole nitrogens is 1. The molecule has 2 heterocycles. The van der Waals surface area contributed by atoms with Gasteiger partial charge in [-0.05, 0) is 24.6 Å². The standard InChI is InChI=1S/C18H19F2N3O3S/c19-12-1-2-14(20)13(11-12)15-3-6-22(9-10-27-15)17(25)5-8-23-7-4-16(24)21-18(23)26/h1-2,4,7,11,15H,3,5-6,8-10H2,(H,21,24,26)/t15-/m0/s1. The Morgan fingerprint density at radius 2 is 2.04 bits per heavy atom. The van der Waals surface area contributed by atoms with Crippen LogP contribution < -0.4 is 11.2 Å². The fourth-order valence-corrected chi connectivity index (χ4v) is 4.27. The van der Waals surface area contributed by atoms with Crippen LogP contribution in [0.2, 0.25) is 0 Å². The first-order valence-corrected chi connectivity index (χ1v) is 9.63. The summed E-state index contributed by atoms with van der Waals surface area (Å²) < 4.78 is 28.7. The van der Waals surface area contributed by atoms with Gasteiger partial charge in [0, 0.05) is 54.9 Å². The monoisotopic (exact) mass is 395 g/mol. The maximum Gasteiger partial charge on any atom is 0.328 e. The molecule has 0 unspecified atom stereocenters. The van der Waals surface area contributed by atoms with Gasteiger partial charge in [-0.25, -0.2) is 13.6 Å². The van der Waals surface area contributed by atoms with E-state index < -0.39 is 22.9 Å². The van der Waals surface area contributed by atoms with Gasteiger partial charge in [0.2, 0.25) is 5.91 Å². The van der Waals surface area contributed by atoms with Crippen LogP contribution in [0.5, 0.6) is 0 Å². The summed E-state index contributed by atoms with van der Waals surface area (Å²) in [6.07, 6.45) is 2.00. The molecule has 3 rings (SSSR count). The molecule has 1 aliphatic rings. The molecule has 0 aliphatic carbocycles. The highest BCUT2D eigenvalue weighted by molar-refractivity contribution is 7.99. The third-order valence-electron chi connectivity index (χ3n) is 4.46. The lowest BCUT2D eigenvalue weighted by atomic mass is 10.1. The Balaban J connectivity index is 1.60. The maximum absolute atomic E-state index is 14.0. The number of nitrogens with one attached hydrogen (secondary N) is 1. The van der Waals surface area contributed by atoms with E-state index in [0.717, 1.165) is 12.1 Å². The fourth-order valence-electron chi connectivity index (χ4n) is 3.02. The Kier molecular flexibility index (Phi) is 6.10. The molecule has 2 aromatic rings. The number of aryl methyl sites for hydroxylation is 1. The van der Waals surface area contributed by atoms with Crippen LogP contribution in [-0.2, 0) is 11.3 Å². The number of rotatable bonds is 4. The third-order valence-corrected chi connectivity index (χ3v) is 5.77. The van der Waals surface area contributed by atoms with Crippen LogP contribution in [0.25, 0.3) is 0 Å². The van der Waals surface area contributed by atoms with Gasteiger partial charge in [0.15, 0.2) is 0 Å². The van der Waals surface area contributed by atoms with Crippen molar-refractivity contribution in [3.05, 3.63) is 68.5 Å². The molecule has 0 radical (unpaired) electrons. The molecule has 27 heavy (non-hydrogen) atoms. The average Bonchev–Trinajstić information content (AvgIpc) is 2.89. The van der Waals surface area contributed by atoms with E-state index in [0.29, 0.717) is 30.8 Å². The van der Waals surface area contributed by atoms with Gasteiger partial charge in [-0.2, -0.15) is 11.8 Å². The first-order chi connectivity index (χ1) is 12.9. The molecule has 1 fully saturated rings. The Morgan fingerprint density at radius 3 is 2.81 bits per heavy atom. The summed E-state index contributed by atoms with van der Waals surface area (Å²) in [7, 11) is 0. The molecule has 1 N–H and O–H groups in total. The highest BCUT2D eigenvalue weighted by Crippen LogP contribution is 2.36. The molecule has 9 heteroatoms. The third kappa shape index (κ3) is 4.85. The molecule has 1 aromatic carbocycles. The predicted octanol–water partition coefficient (Wildman–Crippen LogP) is 1.91. The van der Waals surface area contributed by atoms with Gasteiger partial charge in [-0.3, -0.25) is 14.6 Å². The van der Waals surface area contributed by atoms with Gasteiger partial charge in [0.25, 0.3) is 5.56 Å². The lowest BCUT2D eigenvalue weighted by molar-refractivity contribution is -0.131. The van der Waals surface area contributed by atoms with E-state index in [4.69, 9.17) is 0 Å². The second-order valence-electron chi connectivity index (χ2n) is 6.25. The minimum atomic E-state index is -0.552. The van der Waals surface area contributed by atoms with Crippen molar-refractivity contribution in [2.75, 3.05) is 18.8 Å². The van der Waals surface area contributed by atoms with Crippen molar-refractivity contribution in [2.24, 2.45) is 0 Å². The smallest absolute Gasteiger partial charge is 0.328 e. The minimum Gasteiger partial charge on any atom is -0.342 e. The van der Waals surface area contributed by atoms with Crippen molar-refractivity contribution in [3.8, 4) is 0 Å². The van der Waals surface area contributed by atoms with E-state index >= 15 is 0 Å². The summed E-state index contributed by atoms with van der Waals surface area (Å²) in [6, 6.07) is 4.66. The predicted molar refractivity (Wildman–Crippen MR) is 98.7 cm³/mol. The van der Waals surface area contributed by atoms with E-state index in [2.05, 4.69) is 4.98 Å². The number of hydrogen-bond donors (Lipinski definition) is 1. The van der Waals surface area contributed by atoms with Crippen LogP contribution >= 0.6 is 11.8 Å². The van der Waals surface area contributed by atoms with Gasteiger partial charge in [0.05, 0.1) is 0 Å². The number of hydrogen-bond acceptors (Lipinski definition) is 4. The Hall–Kier alpha value is -2.42. The molecular formula is C18H19F2N3O3S. The maximum atomic E-state index is 14.0. The molecule has 0 bridgehead atoms. The molecule has 1 saturated heterocycles. The van der Waals surface area contributed by atoms with Crippen molar-refractivity contribution < 1.29 is 13.6 Å². The SMILES string of the molecule is O=C(CCn1ccc(=O)[nH]c1=O)N1CCS[C@H](c2cc(F)ccc2F)CC1. The van der Waals surface area contributed by atoms with Crippen LogP contribution in [0, 0.1) is 11.6 Å². The van der Waals surface area contributed by atoms with Crippen LogP contribution in [-0.4, -0.2) is 39.2 Å². The Morgan fingerprint density at radius 1 is 1.22 bits per heavy atom. The number of amides is 1. The second kappa shape index (κ2) is 8.51. The van der Waals surface area contributed by atoms with Gasteiger partial charge in [-0.15, -0.1) is 0 Å². The topological polar surface area (TPSA) is 75.2 Å². The van der Waals surface area contributed by atoms with Crippen molar-refractivity contribution >= 4 is 17.7 Å². The van der Waals surface area contributed by atoms with Crippen molar-refractivity contribution in [1.29, 1.82) is 0 Å². The van der Waals surface area contributed by atoms with Gasteiger partial charge < -0.3 is 9.47 Å². The zero-order valence-corrected chi connectivity index (χ0v) is 15.3. The molecule has 1 amide bonds. The molecule has 1 atom stereocenters. The lowest BCUT2D eigenvalue weighted by Crippen LogP contribution is -2.35. The first-order valence-electron chi connectivity index (χ1n) is 8.58. The Bertz CT molecular complexity index is 944. The molecule has 144 valence electrons. The molecule has 1 aliphatic heterocycles. The summed E-state index contributed by atoms with van der Waals surface area (Å²) in [5.41, 5.74) is -0.708. The fraction of sp³-hybridized carbons (Fsp3) is 0.389. The summed E-state index contributed by atoms with van der Waals surface area (Å²) in [6.45, 7) is 1.12. The zero-order chi connectivity index (χ0) is 19.4. The number of aromatic amines is 1. The molecule has 0 saturated carbocycles. The van der Waals surface area contributed by atoms with Crippen LogP contribution in [0.4, 0.5) is 8.78 Å². The molecule has 6 nitrogen and oxygen atoms in total.